The van der Waals surface area contributed by atoms with Crippen LogP contribution in [-0.2, 0) is 27.4 Å². The fourth-order valence-electron chi connectivity index (χ4n) is 3.63. The molecular formula is C22H26F3N3O3S. The first-order chi connectivity index (χ1) is 15.0. The number of rotatable bonds is 6. The van der Waals surface area contributed by atoms with E-state index < -0.39 is 32.7 Å². The summed E-state index contributed by atoms with van der Waals surface area (Å²) in [6.45, 7) is 4.22. The molecule has 174 valence electrons. The lowest BCUT2D eigenvalue weighted by atomic mass is 10.1. The first kappa shape index (κ1) is 24.2. The van der Waals surface area contributed by atoms with E-state index in [1.54, 1.807) is 6.92 Å². The fourth-order valence-corrected chi connectivity index (χ4v) is 5.27. The Kier molecular flexibility index (Phi) is 7.26. The monoisotopic (exact) mass is 469 g/mol. The number of aryl methyl sites for hydroxylation is 1. The molecule has 0 radical (unpaired) electrons. The van der Waals surface area contributed by atoms with E-state index in [1.165, 1.54) is 6.07 Å². The maximum absolute atomic E-state index is 13.3. The molecular weight excluding hydrogens is 443 g/mol. The number of nitrogens with zero attached hydrogens (tertiary/aromatic N) is 2. The second-order valence-electron chi connectivity index (χ2n) is 7.65. The first-order valence-corrected chi connectivity index (χ1v) is 11.8. The van der Waals surface area contributed by atoms with Crippen LogP contribution < -0.4 is 5.32 Å². The number of carbonyl (C=O) groups is 1. The third-order valence-corrected chi connectivity index (χ3v) is 7.60. The Morgan fingerprint density at radius 3 is 2.19 bits per heavy atom. The number of sulfonamides is 1. The highest BCUT2D eigenvalue weighted by Gasteiger charge is 2.40. The molecule has 0 unspecified atom stereocenters. The lowest BCUT2D eigenvalue weighted by Gasteiger charge is -2.37. The highest BCUT2D eigenvalue weighted by atomic mass is 32.2. The molecule has 0 aliphatic carbocycles. The summed E-state index contributed by atoms with van der Waals surface area (Å²) in [4.78, 5) is 13.7. The number of alkyl halides is 3. The number of hydrogen-bond donors (Lipinski definition) is 1. The molecule has 6 nitrogen and oxygen atoms in total. The molecule has 2 aromatic rings. The Hall–Kier alpha value is -2.43. The minimum atomic E-state index is -4.77. The summed E-state index contributed by atoms with van der Waals surface area (Å²) in [5.74, 6) is -0.229. The molecule has 10 heteroatoms. The first-order valence-electron chi connectivity index (χ1n) is 10.3. The van der Waals surface area contributed by atoms with Gasteiger partial charge >= 0.3 is 6.18 Å². The zero-order valence-electron chi connectivity index (χ0n) is 17.9. The summed E-state index contributed by atoms with van der Waals surface area (Å²) in [6.07, 6.45) is -3.88. The van der Waals surface area contributed by atoms with Crippen molar-refractivity contribution in [3.05, 3.63) is 59.7 Å². The van der Waals surface area contributed by atoms with Crippen LogP contribution in [0.1, 0.15) is 25.0 Å². The molecule has 1 heterocycles. The third-order valence-electron chi connectivity index (χ3n) is 5.64. The molecule has 0 saturated carbocycles. The normalized spacial score (nSPS) is 17.2. The molecule has 1 N–H and O–H groups in total. The van der Waals surface area contributed by atoms with Crippen LogP contribution in [0.2, 0.25) is 0 Å². The van der Waals surface area contributed by atoms with Crippen LogP contribution in [0, 0.1) is 0 Å². The number of hydrogen-bond acceptors (Lipinski definition) is 4. The van der Waals surface area contributed by atoms with Crippen molar-refractivity contribution in [2.24, 2.45) is 0 Å². The second-order valence-corrected chi connectivity index (χ2v) is 9.56. The van der Waals surface area contributed by atoms with E-state index >= 15 is 0 Å². The molecule has 32 heavy (non-hydrogen) atoms. The van der Waals surface area contributed by atoms with E-state index in [0.29, 0.717) is 5.69 Å². The van der Waals surface area contributed by atoms with E-state index in [2.05, 4.69) is 5.32 Å². The highest BCUT2D eigenvalue weighted by molar-refractivity contribution is 7.89. The van der Waals surface area contributed by atoms with Gasteiger partial charge in [-0.05, 0) is 43.2 Å². The Labute approximate surface area is 186 Å². The topological polar surface area (TPSA) is 69.7 Å². The van der Waals surface area contributed by atoms with Crippen molar-refractivity contribution in [3.8, 4) is 0 Å². The Bertz CT molecular complexity index is 1050. The largest absolute Gasteiger partial charge is 0.417 e. The minimum absolute atomic E-state index is 0.00264. The molecule has 0 aromatic heterocycles. The fraction of sp³-hybridized carbons (Fsp3) is 0.409. The second kappa shape index (κ2) is 9.60. The van der Waals surface area contributed by atoms with Crippen molar-refractivity contribution in [1.82, 2.24) is 9.21 Å². The molecule has 1 aliphatic rings. The van der Waals surface area contributed by atoms with Gasteiger partial charge in [-0.2, -0.15) is 17.5 Å². The highest BCUT2D eigenvalue weighted by Crippen LogP contribution is 2.35. The molecule has 1 fully saturated rings. The third kappa shape index (κ3) is 5.31. The van der Waals surface area contributed by atoms with Gasteiger partial charge in [0.1, 0.15) is 0 Å². The molecule has 0 bridgehead atoms. The van der Waals surface area contributed by atoms with E-state index in [4.69, 9.17) is 0 Å². The van der Waals surface area contributed by atoms with Crippen LogP contribution >= 0.6 is 0 Å². The van der Waals surface area contributed by atoms with Gasteiger partial charge < -0.3 is 5.32 Å². The SMILES string of the molecule is CCc1ccc(NC(=O)[C@H](C)N2CCN(S(=O)(=O)c3ccccc3C(F)(F)F)CC2)cc1. The molecule has 1 amide bonds. The number of halogens is 3. The lowest BCUT2D eigenvalue weighted by Crippen LogP contribution is -2.54. The lowest BCUT2D eigenvalue weighted by molar-refractivity contribution is -0.140. The quantitative estimate of drug-likeness (QED) is 0.702. The summed E-state index contributed by atoms with van der Waals surface area (Å²) in [7, 11) is -4.31. The maximum Gasteiger partial charge on any atom is 0.417 e. The smallest absolute Gasteiger partial charge is 0.325 e. The van der Waals surface area contributed by atoms with Crippen LogP contribution in [-0.4, -0.2) is 55.8 Å². The van der Waals surface area contributed by atoms with Gasteiger partial charge in [-0.15, -0.1) is 0 Å². The van der Waals surface area contributed by atoms with E-state index in [0.717, 1.165) is 34.5 Å². The van der Waals surface area contributed by atoms with Crippen LogP contribution in [0.15, 0.2) is 53.4 Å². The van der Waals surface area contributed by atoms with Crippen LogP contribution in [0.5, 0.6) is 0 Å². The molecule has 0 spiro atoms. The number of piperazine rings is 1. The predicted octanol–water partition coefficient (Wildman–Crippen LogP) is 3.60. The summed E-state index contributed by atoms with van der Waals surface area (Å²) in [5.41, 5.74) is 0.647. The van der Waals surface area contributed by atoms with Crippen molar-refractivity contribution >= 4 is 21.6 Å². The minimum Gasteiger partial charge on any atom is -0.325 e. The zero-order chi connectivity index (χ0) is 23.5. The van der Waals surface area contributed by atoms with Gasteiger partial charge in [0.05, 0.1) is 16.5 Å². The Morgan fingerprint density at radius 2 is 1.62 bits per heavy atom. The van der Waals surface area contributed by atoms with Crippen LogP contribution in [0.4, 0.5) is 18.9 Å². The number of benzene rings is 2. The molecule has 2 aromatic carbocycles. The van der Waals surface area contributed by atoms with Crippen molar-refractivity contribution in [2.45, 2.75) is 37.4 Å². The molecule has 3 rings (SSSR count). The van der Waals surface area contributed by atoms with E-state index in [9.17, 15) is 26.4 Å². The number of amides is 1. The van der Waals surface area contributed by atoms with Crippen LogP contribution in [0.25, 0.3) is 0 Å². The van der Waals surface area contributed by atoms with Crippen molar-refractivity contribution < 1.29 is 26.4 Å². The Morgan fingerprint density at radius 1 is 1.03 bits per heavy atom. The van der Waals surface area contributed by atoms with Gasteiger partial charge in [-0.25, -0.2) is 8.42 Å². The summed E-state index contributed by atoms with van der Waals surface area (Å²) in [5, 5.41) is 2.84. The Balaban J connectivity index is 1.64. The molecule has 1 atom stereocenters. The van der Waals surface area contributed by atoms with Gasteiger partial charge in [0.25, 0.3) is 0 Å². The number of anilines is 1. The van der Waals surface area contributed by atoms with E-state index in [1.807, 2.05) is 36.1 Å². The standard InChI is InChI=1S/C22H26F3N3O3S/c1-3-17-8-10-18(11-9-17)26-21(29)16(2)27-12-14-28(15-13-27)32(30,31)20-7-5-4-6-19(20)22(23,24)25/h4-11,16H,3,12-15H2,1-2H3,(H,26,29)/t16-/m0/s1. The van der Waals surface area contributed by atoms with Gasteiger partial charge in [0.2, 0.25) is 15.9 Å². The summed E-state index contributed by atoms with van der Waals surface area (Å²) in [6, 6.07) is 11.2. The van der Waals surface area contributed by atoms with Gasteiger partial charge in [-0.1, -0.05) is 31.2 Å². The average Bonchev–Trinajstić information content (AvgIpc) is 2.78. The van der Waals surface area contributed by atoms with Crippen molar-refractivity contribution in [3.63, 3.8) is 0 Å². The van der Waals surface area contributed by atoms with Crippen LogP contribution in [0.3, 0.4) is 0 Å². The van der Waals surface area contributed by atoms with Gasteiger partial charge in [-0.3, -0.25) is 9.69 Å². The van der Waals surface area contributed by atoms with Crippen molar-refractivity contribution in [2.75, 3.05) is 31.5 Å². The average molecular weight is 470 g/mol. The predicted molar refractivity (Wildman–Crippen MR) is 116 cm³/mol. The van der Waals surface area contributed by atoms with Gasteiger partial charge in [0.15, 0.2) is 0 Å². The van der Waals surface area contributed by atoms with Gasteiger partial charge in [0, 0.05) is 31.9 Å². The van der Waals surface area contributed by atoms with E-state index in [-0.39, 0.29) is 32.1 Å². The van der Waals surface area contributed by atoms with Crippen molar-refractivity contribution in [1.29, 1.82) is 0 Å². The zero-order valence-corrected chi connectivity index (χ0v) is 18.7. The molecule has 1 aliphatic heterocycles. The number of nitrogens with one attached hydrogen (secondary N) is 1. The summed E-state index contributed by atoms with van der Waals surface area (Å²) >= 11 is 0. The number of carbonyl (C=O) groups excluding carboxylic acids is 1. The molecule has 1 saturated heterocycles. The summed E-state index contributed by atoms with van der Waals surface area (Å²) < 4.78 is 66.7. The maximum atomic E-state index is 13.3.